The average molecular weight is 565 g/mol. The molecule has 0 saturated carbocycles. The molecule has 2 fully saturated rings. The maximum atomic E-state index is 12.9. The van der Waals surface area contributed by atoms with Crippen molar-refractivity contribution in [2.75, 3.05) is 32.9 Å². The fourth-order valence-electron chi connectivity index (χ4n) is 4.21. The summed E-state index contributed by atoms with van der Waals surface area (Å²) in [5, 5.41) is 2.12. The second kappa shape index (κ2) is 10.4. The molecule has 10 heteroatoms. The van der Waals surface area contributed by atoms with Crippen molar-refractivity contribution in [2.24, 2.45) is 4.99 Å². The van der Waals surface area contributed by atoms with Gasteiger partial charge in [0, 0.05) is 35.1 Å². The van der Waals surface area contributed by atoms with Crippen LogP contribution >= 0.6 is 27.3 Å². The number of hydrogen-bond acceptors (Lipinski definition) is 6. The summed E-state index contributed by atoms with van der Waals surface area (Å²) in [5.74, 6) is 0. The lowest BCUT2D eigenvalue weighted by atomic mass is 10.1. The highest BCUT2D eigenvalue weighted by Crippen LogP contribution is 2.30. The molecule has 1 atom stereocenters. The third-order valence-corrected chi connectivity index (χ3v) is 9.49. The second-order valence-electron chi connectivity index (χ2n) is 8.25. The monoisotopic (exact) mass is 563 g/mol. The Balaban J connectivity index is 1.48. The van der Waals surface area contributed by atoms with Crippen molar-refractivity contribution in [3.8, 4) is 11.3 Å². The molecule has 180 valence electrons. The number of halogens is 1. The van der Waals surface area contributed by atoms with Crippen LogP contribution in [0.3, 0.4) is 0 Å². The van der Waals surface area contributed by atoms with Crippen LogP contribution in [-0.2, 0) is 26.0 Å². The zero-order chi connectivity index (χ0) is 23.5. The fourth-order valence-corrected chi connectivity index (χ4v) is 7.04. The van der Waals surface area contributed by atoms with Crippen LogP contribution in [0.5, 0.6) is 0 Å². The molecule has 0 spiro atoms. The zero-order valence-electron chi connectivity index (χ0n) is 18.6. The Hall–Kier alpha value is -1.82. The number of benzene rings is 2. The van der Waals surface area contributed by atoms with Gasteiger partial charge in [0.15, 0.2) is 4.80 Å². The molecule has 2 aliphatic rings. The lowest BCUT2D eigenvalue weighted by Gasteiger charge is -2.26. The van der Waals surface area contributed by atoms with Gasteiger partial charge in [0.05, 0.1) is 42.1 Å². The summed E-state index contributed by atoms with van der Waals surface area (Å²) >= 11 is 5.25. The number of ether oxygens (including phenoxy) is 2. The van der Waals surface area contributed by atoms with Gasteiger partial charge in [-0.25, -0.2) is 13.4 Å². The minimum absolute atomic E-state index is 0.163. The number of hydrogen-bond donors (Lipinski definition) is 0. The molecule has 0 amide bonds. The number of thiazole rings is 1. The molecule has 5 rings (SSSR count). The molecule has 34 heavy (non-hydrogen) atoms. The van der Waals surface area contributed by atoms with Crippen molar-refractivity contribution >= 4 is 43.0 Å². The van der Waals surface area contributed by atoms with E-state index < -0.39 is 10.0 Å². The molecule has 0 radical (unpaired) electrons. The third kappa shape index (κ3) is 5.07. The summed E-state index contributed by atoms with van der Waals surface area (Å²) in [6.45, 7) is 3.13. The number of nitrogens with zero attached hydrogens (tertiary/aromatic N) is 3. The van der Waals surface area contributed by atoms with E-state index in [2.05, 4.69) is 31.9 Å². The summed E-state index contributed by atoms with van der Waals surface area (Å²) in [6.07, 6.45) is 2.27. The van der Waals surface area contributed by atoms with Crippen LogP contribution in [0.4, 0.5) is 5.69 Å². The average Bonchev–Trinajstić information content (AvgIpc) is 3.51. The predicted octanol–water partition coefficient (Wildman–Crippen LogP) is 4.41. The SMILES string of the molecule is O=S(=O)(c1ccc(N=c2scc(-c3ccccc3Br)n2C[C@H]2CCCO2)cc1)N1CCOCC1. The molecule has 0 N–H and O–H groups in total. The highest BCUT2D eigenvalue weighted by atomic mass is 79.9. The molecule has 2 aliphatic heterocycles. The van der Waals surface area contributed by atoms with Gasteiger partial charge < -0.3 is 14.0 Å². The lowest BCUT2D eigenvalue weighted by molar-refractivity contribution is 0.0730. The zero-order valence-corrected chi connectivity index (χ0v) is 21.8. The molecule has 3 heterocycles. The van der Waals surface area contributed by atoms with Crippen LogP contribution in [0.25, 0.3) is 11.3 Å². The van der Waals surface area contributed by atoms with Gasteiger partial charge in [-0.2, -0.15) is 4.31 Å². The summed E-state index contributed by atoms with van der Waals surface area (Å²) in [6, 6.07) is 15.0. The largest absolute Gasteiger partial charge is 0.379 e. The summed E-state index contributed by atoms with van der Waals surface area (Å²) in [4.78, 5) is 6.01. The molecule has 0 bridgehead atoms. The van der Waals surface area contributed by atoms with E-state index >= 15 is 0 Å². The smallest absolute Gasteiger partial charge is 0.243 e. The van der Waals surface area contributed by atoms with Gasteiger partial charge in [0.25, 0.3) is 0 Å². The summed E-state index contributed by atoms with van der Waals surface area (Å²) < 4.78 is 41.7. The number of morpholine rings is 1. The number of aromatic nitrogens is 1. The Morgan fingerprint density at radius 3 is 2.53 bits per heavy atom. The highest BCUT2D eigenvalue weighted by molar-refractivity contribution is 9.10. The molecular formula is C24H26BrN3O4S2. The van der Waals surface area contributed by atoms with Crippen molar-refractivity contribution in [1.29, 1.82) is 0 Å². The molecular weight excluding hydrogens is 538 g/mol. The number of rotatable bonds is 6. The van der Waals surface area contributed by atoms with E-state index in [0.29, 0.717) is 32.0 Å². The van der Waals surface area contributed by atoms with E-state index in [9.17, 15) is 8.42 Å². The summed E-state index contributed by atoms with van der Waals surface area (Å²) in [5.41, 5.74) is 2.89. The quantitative estimate of drug-likeness (QED) is 0.445. The standard InChI is InChI=1S/C24H26BrN3O4S2/c25-22-6-2-1-5-21(22)23-17-33-24(28(23)16-19-4-3-13-32-19)26-18-7-9-20(10-8-18)34(29,30)27-11-14-31-15-12-27/h1-2,5-10,17,19H,3-4,11-16H2/t19-/m1/s1. The van der Waals surface area contributed by atoms with Gasteiger partial charge in [-0.15, -0.1) is 11.3 Å². The van der Waals surface area contributed by atoms with Crippen LogP contribution in [-0.4, -0.2) is 56.3 Å². The van der Waals surface area contributed by atoms with Crippen LogP contribution in [0, 0.1) is 0 Å². The maximum Gasteiger partial charge on any atom is 0.243 e. The van der Waals surface area contributed by atoms with Crippen molar-refractivity contribution in [3.05, 3.63) is 63.2 Å². The van der Waals surface area contributed by atoms with Crippen LogP contribution < -0.4 is 4.80 Å². The van der Waals surface area contributed by atoms with Crippen LogP contribution in [0.15, 0.2) is 68.3 Å². The topological polar surface area (TPSA) is 73.1 Å². The Kier molecular flexibility index (Phi) is 7.33. The maximum absolute atomic E-state index is 12.9. The first-order chi connectivity index (χ1) is 16.5. The third-order valence-electron chi connectivity index (χ3n) is 6.03. The van der Waals surface area contributed by atoms with Gasteiger partial charge in [-0.1, -0.05) is 34.1 Å². The van der Waals surface area contributed by atoms with E-state index in [4.69, 9.17) is 14.5 Å². The Labute approximate surface area is 211 Å². The normalized spacial score (nSPS) is 20.1. The van der Waals surface area contributed by atoms with Gasteiger partial charge in [0.1, 0.15) is 0 Å². The Bertz CT molecular complexity index is 1310. The molecule has 7 nitrogen and oxygen atoms in total. The van der Waals surface area contributed by atoms with Gasteiger partial charge >= 0.3 is 0 Å². The summed E-state index contributed by atoms with van der Waals surface area (Å²) in [7, 11) is -3.52. The van der Waals surface area contributed by atoms with Crippen molar-refractivity contribution in [3.63, 3.8) is 0 Å². The van der Waals surface area contributed by atoms with Crippen molar-refractivity contribution in [2.45, 2.75) is 30.4 Å². The van der Waals surface area contributed by atoms with E-state index in [0.717, 1.165) is 46.5 Å². The molecule has 2 aromatic carbocycles. The fraction of sp³-hybridized carbons (Fsp3) is 0.375. The van der Waals surface area contributed by atoms with Crippen molar-refractivity contribution in [1.82, 2.24) is 8.87 Å². The molecule has 1 aromatic heterocycles. The predicted molar refractivity (Wildman–Crippen MR) is 136 cm³/mol. The first kappa shape index (κ1) is 23.9. The first-order valence-corrected chi connectivity index (χ1v) is 14.4. The Morgan fingerprint density at radius 2 is 1.82 bits per heavy atom. The highest BCUT2D eigenvalue weighted by Gasteiger charge is 2.26. The van der Waals surface area contributed by atoms with Crippen molar-refractivity contribution < 1.29 is 17.9 Å². The van der Waals surface area contributed by atoms with Gasteiger partial charge in [0.2, 0.25) is 10.0 Å². The first-order valence-electron chi connectivity index (χ1n) is 11.3. The van der Waals surface area contributed by atoms with Gasteiger partial charge in [-0.05, 0) is 43.2 Å². The second-order valence-corrected chi connectivity index (χ2v) is 11.9. The lowest BCUT2D eigenvalue weighted by Crippen LogP contribution is -2.40. The minimum Gasteiger partial charge on any atom is -0.379 e. The van der Waals surface area contributed by atoms with E-state index in [-0.39, 0.29) is 11.0 Å². The number of sulfonamides is 1. The van der Waals surface area contributed by atoms with Crippen LogP contribution in [0.2, 0.25) is 0 Å². The van der Waals surface area contributed by atoms with Gasteiger partial charge in [-0.3, -0.25) is 0 Å². The molecule has 2 saturated heterocycles. The Morgan fingerprint density at radius 1 is 1.06 bits per heavy atom. The van der Waals surface area contributed by atoms with E-state index in [1.165, 1.54) is 4.31 Å². The van der Waals surface area contributed by atoms with Crippen LogP contribution in [0.1, 0.15) is 12.8 Å². The minimum atomic E-state index is -3.52. The van der Waals surface area contributed by atoms with E-state index in [1.807, 2.05) is 18.2 Å². The molecule has 3 aromatic rings. The molecule has 0 unspecified atom stereocenters. The molecule has 0 aliphatic carbocycles. The van der Waals surface area contributed by atoms with E-state index in [1.54, 1.807) is 35.6 Å².